The van der Waals surface area contributed by atoms with Crippen molar-refractivity contribution in [3.63, 3.8) is 0 Å². The van der Waals surface area contributed by atoms with E-state index in [1.165, 1.54) is 5.56 Å². The third-order valence-electron chi connectivity index (χ3n) is 3.26. The molecule has 1 aromatic carbocycles. The summed E-state index contributed by atoms with van der Waals surface area (Å²) >= 11 is 0. The highest BCUT2D eigenvalue weighted by molar-refractivity contribution is 5.82. The molecular weight excluding hydrogens is 234 g/mol. The van der Waals surface area contributed by atoms with Gasteiger partial charge in [-0.1, -0.05) is 29.8 Å². The minimum absolute atomic E-state index is 1.00. The van der Waals surface area contributed by atoms with Crippen molar-refractivity contribution in [2.75, 3.05) is 0 Å². The molecule has 0 spiro atoms. The molecule has 0 radical (unpaired) electrons. The lowest BCUT2D eigenvalue weighted by molar-refractivity contribution is 1.05. The number of aryl methyl sites for hydroxylation is 2. The number of aromatic nitrogens is 3. The van der Waals surface area contributed by atoms with E-state index in [0.29, 0.717) is 0 Å². The first-order valence-electron chi connectivity index (χ1n) is 6.28. The van der Waals surface area contributed by atoms with Crippen molar-refractivity contribution >= 4 is 0 Å². The van der Waals surface area contributed by atoms with Crippen LogP contribution in [0.2, 0.25) is 0 Å². The van der Waals surface area contributed by atoms with Crippen molar-refractivity contribution in [3.8, 4) is 22.4 Å². The summed E-state index contributed by atoms with van der Waals surface area (Å²) in [5, 5.41) is 7.48. The Labute approximate surface area is 112 Å². The van der Waals surface area contributed by atoms with Crippen molar-refractivity contribution in [2.24, 2.45) is 0 Å². The third-order valence-corrected chi connectivity index (χ3v) is 3.26. The number of hydrogen-bond acceptors (Lipinski definition) is 2. The molecule has 3 rings (SSSR count). The molecule has 0 aliphatic carbocycles. The minimum Gasteiger partial charge on any atom is -0.277 e. The Balaban J connectivity index is 2.16. The van der Waals surface area contributed by atoms with E-state index in [4.69, 9.17) is 0 Å². The molecule has 2 aromatic heterocycles. The summed E-state index contributed by atoms with van der Waals surface area (Å²) in [6.45, 7) is 4.11. The second-order valence-corrected chi connectivity index (χ2v) is 4.66. The van der Waals surface area contributed by atoms with E-state index in [9.17, 15) is 0 Å². The maximum absolute atomic E-state index is 4.35. The first-order chi connectivity index (χ1) is 9.25. The van der Waals surface area contributed by atoms with Crippen LogP contribution in [0.15, 0.2) is 48.8 Å². The molecule has 0 saturated carbocycles. The molecule has 0 fully saturated rings. The zero-order valence-electron chi connectivity index (χ0n) is 11.0. The van der Waals surface area contributed by atoms with Crippen LogP contribution in [0.25, 0.3) is 22.4 Å². The number of nitrogens with zero attached hydrogens (tertiary/aromatic N) is 2. The molecule has 3 nitrogen and oxygen atoms in total. The number of pyridine rings is 1. The van der Waals surface area contributed by atoms with E-state index in [1.807, 2.05) is 19.1 Å². The van der Waals surface area contributed by atoms with Crippen LogP contribution in [-0.4, -0.2) is 15.2 Å². The smallest absolute Gasteiger partial charge is 0.0731 e. The quantitative estimate of drug-likeness (QED) is 0.751. The van der Waals surface area contributed by atoms with Crippen molar-refractivity contribution in [1.29, 1.82) is 0 Å². The maximum atomic E-state index is 4.35. The van der Waals surface area contributed by atoms with Gasteiger partial charge < -0.3 is 0 Å². The molecule has 0 aliphatic rings. The minimum atomic E-state index is 1.00. The molecule has 1 N–H and O–H groups in total. The summed E-state index contributed by atoms with van der Waals surface area (Å²) in [4.78, 5) is 4.07. The van der Waals surface area contributed by atoms with Gasteiger partial charge in [-0.15, -0.1) is 0 Å². The number of rotatable bonds is 2. The highest BCUT2D eigenvalue weighted by atomic mass is 15.1. The van der Waals surface area contributed by atoms with Crippen LogP contribution in [-0.2, 0) is 0 Å². The Morgan fingerprint density at radius 1 is 0.842 bits per heavy atom. The number of nitrogens with one attached hydrogen (secondary N) is 1. The van der Waals surface area contributed by atoms with Gasteiger partial charge in [-0.05, 0) is 31.5 Å². The Morgan fingerprint density at radius 3 is 2.21 bits per heavy atom. The highest BCUT2D eigenvalue weighted by Gasteiger charge is 2.13. The van der Waals surface area contributed by atoms with Crippen LogP contribution in [0, 0.1) is 13.8 Å². The molecule has 0 atom stereocenters. The predicted octanol–water partition coefficient (Wildman–Crippen LogP) is 3.76. The van der Waals surface area contributed by atoms with Gasteiger partial charge in [0.2, 0.25) is 0 Å². The van der Waals surface area contributed by atoms with Crippen molar-refractivity contribution < 1.29 is 0 Å². The van der Waals surface area contributed by atoms with Crippen molar-refractivity contribution in [2.45, 2.75) is 13.8 Å². The number of aromatic amines is 1. The van der Waals surface area contributed by atoms with Crippen LogP contribution < -0.4 is 0 Å². The fourth-order valence-corrected chi connectivity index (χ4v) is 2.23. The lowest BCUT2D eigenvalue weighted by atomic mass is 10.00. The van der Waals surface area contributed by atoms with Gasteiger partial charge in [0, 0.05) is 23.5 Å². The van der Waals surface area contributed by atoms with E-state index in [1.54, 1.807) is 12.4 Å². The molecule has 2 heterocycles. The first kappa shape index (κ1) is 11.7. The zero-order chi connectivity index (χ0) is 13.2. The van der Waals surface area contributed by atoms with Gasteiger partial charge in [-0.25, -0.2) is 0 Å². The SMILES string of the molecule is Cc1ccc(-c2[nH]nc(C)c2-c2ccncc2)cc1. The molecule has 19 heavy (non-hydrogen) atoms. The van der Waals surface area contributed by atoms with E-state index in [-0.39, 0.29) is 0 Å². The van der Waals surface area contributed by atoms with E-state index >= 15 is 0 Å². The third kappa shape index (κ3) is 2.15. The van der Waals surface area contributed by atoms with Gasteiger partial charge in [0.05, 0.1) is 11.4 Å². The van der Waals surface area contributed by atoms with Crippen LogP contribution in [0.4, 0.5) is 0 Å². The Hall–Kier alpha value is -2.42. The Bertz CT molecular complexity index is 682. The predicted molar refractivity (Wildman–Crippen MR) is 76.7 cm³/mol. The normalized spacial score (nSPS) is 10.6. The van der Waals surface area contributed by atoms with Crippen LogP contribution in [0.5, 0.6) is 0 Å². The molecule has 94 valence electrons. The summed E-state index contributed by atoms with van der Waals surface area (Å²) in [7, 11) is 0. The second kappa shape index (κ2) is 4.69. The summed E-state index contributed by atoms with van der Waals surface area (Å²) in [5.41, 5.74) is 6.75. The summed E-state index contributed by atoms with van der Waals surface area (Å²) in [5.74, 6) is 0. The van der Waals surface area contributed by atoms with Gasteiger partial charge in [0.25, 0.3) is 0 Å². The molecule has 3 heteroatoms. The lowest BCUT2D eigenvalue weighted by Crippen LogP contribution is -1.85. The molecule has 0 unspecified atom stereocenters. The Kier molecular flexibility index (Phi) is 2.88. The summed E-state index contributed by atoms with van der Waals surface area (Å²) in [6.07, 6.45) is 3.61. The molecule has 0 bridgehead atoms. The molecule has 0 saturated heterocycles. The zero-order valence-corrected chi connectivity index (χ0v) is 11.0. The fraction of sp³-hybridized carbons (Fsp3) is 0.125. The average molecular weight is 249 g/mol. The number of benzene rings is 1. The lowest BCUT2D eigenvalue weighted by Gasteiger charge is -2.05. The largest absolute Gasteiger partial charge is 0.277 e. The first-order valence-corrected chi connectivity index (χ1v) is 6.28. The average Bonchev–Trinajstić information content (AvgIpc) is 2.82. The van der Waals surface area contributed by atoms with Gasteiger partial charge >= 0.3 is 0 Å². The summed E-state index contributed by atoms with van der Waals surface area (Å²) in [6, 6.07) is 12.5. The maximum Gasteiger partial charge on any atom is 0.0731 e. The number of H-pyrrole nitrogens is 1. The van der Waals surface area contributed by atoms with Gasteiger partial charge in [-0.2, -0.15) is 5.10 Å². The molecule has 0 aliphatic heterocycles. The monoisotopic (exact) mass is 249 g/mol. The fourth-order valence-electron chi connectivity index (χ4n) is 2.23. The standard InChI is InChI=1S/C16H15N3/c1-11-3-5-14(6-4-11)16-15(12(2)18-19-16)13-7-9-17-10-8-13/h3-10H,1-2H3,(H,18,19). The van der Waals surface area contributed by atoms with Gasteiger partial charge in [-0.3, -0.25) is 10.1 Å². The van der Waals surface area contributed by atoms with E-state index < -0.39 is 0 Å². The topological polar surface area (TPSA) is 41.6 Å². The van der Waals surface area contributed by atoms with Crippen LogP contribution in [0.1, 0.15) is 11.3 Å². The second-order valence-electron chi connectivity index (χ2n) is 4.66. The van der Waals surface area contributed by atoms with Crippen molar-refractivity contribution in [3.05, 3.63) is 60.0 Å². The molecule has 0 amide bonds. The van der Waals surface area contributed by atoms with Crippen LogP contribution >= 0.6 is 0 Å². The summed E-state index contributed by atoms with van der Waals surface area (Å²) < 4.78 is 0. The van der Waals surface area contributed by atoms with E-state index in [2.05, 4.69) is 46.4 Å². The van der Waals surface area contributed by atoms with Gasteiger partial charge in [0.15, 0.2) is 0 Å². The van der Waals surface area contributed by atoms with Crippen molar-refractivity contribution in [1.82, 2.24) is 15.2 Å². The Morgan fingerprint density at radius 2 is 1.53 bits per heavy atom. The number of hydrogen-bond donors (Lipinski definition) is 1. The molecular formula is C16H15N3. The van der Waals surface area contributed by atoms with Gasteiger partial charge in [0.1, 0.15) is 0 Å². The highest BCUT2D eigenvalue weighted by Crippen LogP contribution is 2.32. The van der Waals surface area contributed by atoms with E-state index in [0.717, 1.165) is 28.1 Å². The molecule has 3 aromatic rings. The van der Waals surface area contributed by atoms with Crippen LogP contribution in [0.3, 0.4) is 0 Å².